The maximum atomic E-state index is 9.79. The highest BCUT2D eigenvalue weighted by molar-refractivity contribution is 7.85. The van der Waals surface area contributed by atoms with E-state index in [9.17, 15) is 8.42 Å². The van der Waals surface area contributed by atoms with Crippen molar-refractivity contribution < 1.29 is 13.0 Å². The molecule has 4 nitrogen and oxygen atoms in total. The summed E-state index contributed by atoms with van der Waals surface area (Å²) in [5.41, 5.74) is 0. The van der Waals surface area contributed by atoms with Crippen LogP contribution in [-0.4, -0.2) is 44.3 Å². The Labute approximate surface area is 164 Å². The van der Waals surface area contributed by atoms with Crippen LogP contribution in [0.3, 0.4) is 0 Å². The van der Waals surface area contributed by atoms with Crippen molar-refractivity contribution in [2.24, 2.45) is 0 Å². The van der Waals surface area contributed by atoms with Crippen molar-refractivity contribution in [1.82, 2.24) is 4.90 Å². The molecule has 0 aromatic rings. The predicted octanol–water partition coefficient (Wildman–Crippen LogP) is 6.31. The van der Waals surface area contributed by atoms with Gasteiger partial charge in [0.15, 0.2) is 0 Å². The molecular formula is C21H47NO3S. The second kappa shape index (κ2) is 21.2. The Bertz CT molecular complexity index is 356. The smallest absolute Gasteiger partial charge is 0.264 e. The molecule has 0 saturated carbocycles. The van der Waals surface area contributed by atoms with Crippen LogP contribution in [0.2, 0.25) is 0 Å². The van der Waals surface area contributed by atoms with E-state index < -0.39 is 10.1 Å². The standard InChI is InChI=1S/C18H39N.C3H8O3S/c1-4-5-6-7-8-9-10-11-12-13-14-15-16-17-18-19(2)3;1-2-3-7(4,5)6/h4-18H2,1-3H3;2-3H2,1H3,(H,4,5,6). The molecule has 0 aliphatic carbocycles. The van der Waals surface area contributed by atoms with Gasteiger partial charge in [0.25, 0.3) is 10.1 Å². The van der Waals surface area contributed by atoms with Crippen LogP contribution in [0, 0.1) is 0 Å². The average molecular weight is 394 g/mol. The first-order valence-corrected chi connectivity index (χ1v) is 12.5. The molecule has 0 unspecified atom stereocenters. The number of nitrogens with zero attached hydrogens (tertiary/aromatic N) is 1. The molecule has 0 aromatic heterocycles. The highest BCUT2D eigenvalue weighted by Crippen LogP contribution is 2.12. The van der Waals surface area contributed by atoms with Crippen molar-refractivity contribution in [3.05, 3.63) is 0 Å². The number of rotatable bonds is 17. The fourth-order valence-electron chi connectivity index (χ4n) is 2.88. The molecule has 0 amide bonds. The van der Waals surface area contributed by atoms with E-state index in [0.717, 1.165) is 0 Å². The first kappa shape index (κ1) is 28.1. The molecule has 5 heteroatoms. The van der Waals surface area contributed by atoms with Gasteiger partial charge in [-0.2, -0.15) is 8.42 Å². The van der Waals surface area contributed by atoms with Crippen LogP contribution in [0.1, 0.15) is 110 Å². The molecule has 0 saturated heterocycles. The fraction of sp³-hybridized carbons (Fsp3) is 1.00. The topological polar surface area (TPSA) is 57.6 Å². The Balaban J connectivity index is 0. The summed E-state index contributed by atoms with van der Waals surface area (Å²) in [6.45, 7) is 5.24. The number of unbranched alkanes of at least 4 members (excludes halogenated alkanes) is 13. The van der Waals surface area contributed by atoms with E-state index in [2.05, 4.69) is 25.9 Å². The van der Waals surface area contributed by atoms with Gasteiger partial charge in [0.1, 0.15) is 0 Å². The van der Waals surface area contributed by atoms with Gasteiger partial charge in [-0.25, -0.2) is 0 Å². The third kappa shape index (κ3) is 31.6. The largest absolute Gasteiger partial charge is 0.309 e. The van der Waals surface area contributed by atoms with Crippen molar-refractivity contribution in [2.45, 2.75) is 110 Å². The molecule has 0 spiro atoms. The SMILES string of the molecule is CCCCCCCCCCCCCCCCN(C)C.CCCS(=O)(=O)O. The van der Waals surface area contributed by atoms with Gasteiger partial charge in [-0.05, 0) is 33.5 Å². The average Bonchev–Trinajstić information content (AvgIpc) is 2.54. The first-order chi connectivity index (χ1) is 12.3. The summed E-state index contributed by atoms with van der Waals surface area (Å²) in [5, 5.41) is 0. The monoisotopic (exact) mass is 393 g/mol. The second-order valence-corrected chi connectivity index (χ2v) is 9.26. The summed E-state index contributed by atoms with van der Waals surface area (Å²) in [7, 11) is 0.664. The van der Waals surface area contributed by atoms with E-state index in [1.807, 2.05) is 0 Å². The first-order valence-electron chi connectivity index (χ1n) is 10.9. The van der Waals surface area contributed by atoms with Crippen molar-refractivity contribution in [2.75, 3.05) is 26.4 Å². The van der Waals surface area contributed by atoms with Gasteiger partial charge in [0.05, 0.1) is 5.75 Å². The number of hydrogen-bond donors (Lipinski definition) is 1. The van der Waals surface area contributed by atoms with Gasteiger partial charge in [0, 0.05) is 0 Å². The van der Waals surface area contributed by atoms with Crippen molar-refractivity contribution in [3.8, 4) is 0 Å². The zero-order valence-corrected chi connectivity index (χ0v) is 19.0. The van der Waals surface area contributed by atoms with Crippen molar-refractivity contribution in [3.63, 3.8) is 0 Å². The minimum Gasteiger partial charge on any atom is -0.309 e. The lowest BCUT2D eigenvalue weighted by atomic mass is 10.0. The van der Waals surface area contributed by atoms with E-state index >= 15 is 0 Å². The molecule has 160 valence electrons. The van der Waals surface area contributed by atoms with E-state index in [-0.39, 0.29) is 5.75 Å². The van der Waals surface area contributed by atoms with Crippen LogP contribution in [0.5, 0.6) is 0 Å². The van der Waals surface area contributed by atoms with Crippen LogP contribution >= 0.6 is 0 Å². The Morgan fingerprint density at radius 3 is 1.19 bits per heavy atom. The van der Waals surface area contributed by atoms with E-state index in [4.69, 9.17) is 4.55 Å². The molecule has 0 atom stereocenters. The van der Waals surface area contributed by atoms with E-state index in [0.29, 0.717) is 6.42 Å². The lowest BCUT2D eigenvalue weighted by Crippen LogP contribution is -2.12. The summed E-state index contributed by atoms with van der Waals surface area (Å²) in [6.07, 6.45) is 20.8. The lowest BCUT2D eigenvalue weighted by molar-refractivity contribution is 0.389. The van der Waals surface area contributed by atoms with Crippen LogP contribution in [0.15, 0.2) is 0 Å². The van der Waals surface area contributed by atoms with Gasteiger partial charge in [-0.15, -0.1) is 0 Å². The third-order valence-electron chi connectivity index (χ3n) is 4.42. The summed E-state index contributed by atoms with van der Waals surface area (Å²) >= 11 is 0. The Kier molecular flexibility index (Phi) is 22.9. The number of hydrogen-bond acceptors (Lipinski definition) is 3. The molecule has 0 aliphatic heterocycles. The molecule has 0 rings (SSSR count). The Morgan fingerprint density at radius 2 is 0.962 bits per heavy atom. The molecule has 0 bridgehead atoms. The van der Waals surface area contributed by atoms with Crippen molar-refractivity contribution >= 4 is 10.1 Å². The van der Waals surface area contributed by atoms with Crippen LogP contribution < -0.4 is 0 Å². The second-order valence-electron chi connectivity index (χ2n) is 7.69. The van der Waals surface area contributed by atoms with Crippen LogP contribution in [-0.2, 0) is 10.1 Å². The van der Waals surface area contributed by atoms with Gasteiger partial charge in [-0.3, -0.25) is 4.55 Å². The zero-order valence-electron chi connectivity index (χ0n) is 18.1. The van der Waals surface area contributed by atoms with Gasteiger partial charge in [-0.1, -0.05) is 97.3 Å². The summed E-state index contributed by atoms with van der Waals surface area (Å²) in [6, 6.07) is 0. The summed E-state index contributed by atoms with van der Waals surface area (Å²) in [4.78, 5) is 2.29. The van der Waals surface area contributed by atoms with Crippen LogP contribution in [0.25, 0.3) is 0 Å². The predicted molar refractivity (Wildman–Crippen MR) is 116 cm³/mol. The quantitative estimate of drug-likeness (QED) is 0.232. The Morgan fingerprint density at radius 1 is 0.615 bits per heavy atom. The minimum atomic E-state index is -3.67. The molecule has 0 aromatic carbocycles. The molecule has 26 heavy (non-hydrogen) atoms. The van der Waals surface area contributed by atoms with E-state index in [1.54, 1.807) is 6.92 Å². The Hall–Kier alpha value is -0.130. The highest BCUT2D eigenvalue weighted by atomic mass is 32.2. The summed E-state index contributed by atoms with van der Waals surface area (Å²) in [5.74, 6) is -0.132. The summed E-state index contributed by atoms with van der Waals surface area (Å²) < 4.78 is 27.6. The third-order valence-corrected chi connectivity index (χ3v) is 5.35. The van der Waals surface area contributed by atoms with Crippen molar-refractivity contribution in [1.29, 1.82) is 0 Å². The van der Waals surface area contributed by atoms with Gasteiger partial charge >= 0.3 is 0 Å². The highest BCUT2D eigenvalue weighted by Gasteiger charge is 1.98. The normalized spacial score (nSPS) is 11.5. The van der Waals surface area contributed by atoms with E-state index in [1.165, 1.54) is 96.4 Å². The lowest BCUT2D eigenvalue weighted by Gasteiger charge is -2.08. The molecule has 0 fully saturated rings. The van der Waals surface area contributed by atoms with Gasteiger partial charge in [0.2, 0.25) is 0 Å². The molecular weight excluding hydrogens is 346 g/mol. The maximum Gasteiger partial charge on any atom is 0.264 e. The maximum absolute atomic E-state index is 9.79. The molecule has 0 aliphatic rings. The molecule has 0 heterocycles. The molecule has 1 N–H and O–H groups in total. The fourth-order valence-corrected chi connectivity index (χ4v) is 3.40. The minimum absolute atomic E-state index is 0.132. The zero-order chi connectivity index (χ0) is 20.1. The van der Waals surface area contributed by atoms with Crippen LogP contribution in [0.4, 0.5) is 0 Å². The van der Waals surface area contributed by atoms with Gasteiger partial charge < -0.3 is 4.90 Å². The molecule has 0 radical (unpaired) electrons.